The molecule has 0 aromatic heterocycles. The Hall–Kier alpha value is -1.49. The normalized spacial score (nSPS) is 16.2. The first-order chi connectivity index (χ1) is 10.5. The van der Waals surface area contributed by atoms with Crippen LogP contribution in [0.5, 0.6) is 5.75 Å². The molecule has 1 aliphatic carbocycles. The molecule has 0 spiro atoms. The number of carbonyl (C=O) groups is 1. The number of aliphatic carboxylic acids is 1. The van der Waals surface area contributed by atoms with E-state index in [9.17, 15) is 4.79 Å². The summed E-state index contributed by atoms with van der Waals surface area (Å²) in [5.41, 5.74) is 7.16. The SMILES string of the molecule is NC(Cc1ccc(OCC2=C(Cl)CCC=C2Cl)cc1)C(=O)O. The second-order valence-electron chi connectivity index (χ2n) is 5.06. The molecular weight excluding hydrogens is 325 g/mol. The predicted molar refractivity (Wildman–Crippen MR) is 87.3 cm³/mol. The third-order valence-electron chi connectivity index (χ3n) is 3.38. The second kappa shape index (κ2) is 7.68. The molecule has 0 bridgehead atoms. The van der Waals surface area contributed by atoms with Gasteiger partial charge in [-0.1, -0.05) is 41.4 Å². The van der Waals surface area contributed by atoms with Crippen LogP contribution in [-0.4, -0.2) is 23.7 Å². The lowest BCUT2D eigenvalue weighted by Gasteiger charge is -2.15. The Morgan fingerprint density at radius 3 is 2.59 bits per heavy atom. The maximum absolute atomic E-state index is 10.7. The van der Waals surface area contributed by atoms with Gasteiger partial charge in [0.1, 0.15) is 18.4 Å². The summed E-state index contributed by atoms with van der Waals surface area (Å²) in [5, 5.41) is 10.2. The number of carboxylic acid groups (broad SMARTS) is 1. The minimum Gasteiger partial charge on any atom is -0.489 e. The molecule has 1 atom stereocenters. The van der Waals surface area contributed by atoms with E-state index in [4.69, 9.17) is 38.8 Å². The van der Waals surface area contributed by atoms with Gasteiger partial charge in [0.25, 0.3) is 0 Å². The Morgan fingerprint density at radius 1 is 1.32 bits per heavy atom. The Balaban J connectivity index is 1.94. The molecule has 0 amide bonds. The van der Waals surface area contributed by atoms with Crippen LogP contribution in [0.25, 0.3) is 0 Å². The minimum atomic E-state index is -1.01. The highest BCUT2D eigenvalue weighted by Gasteiger charge is 2.14. The van der Waals surface area contributed by atoms with Crippen LogP contribution in [0.1, 0.15) is 18.4 Å². The van der Waals surface area contributed by atoms with Crippen molar-refractivity contribution in [2.24, 2.45) is 5.73 Å². The van der Waals surface area contributed by atoms with Crippen molar-refractivity contribution in [1.82, 2.24) is 0 Å². The zero-order valence-corrected chi connectivity index (χ0v) is 13.4. The Morgan fingerprint density at radius 2 is 2.00 bits per heavy atom. The van der Waals surface area contributed by atoms with Gasteiger partial charge in [0.15, 0.2) is 0 Å². The molecule has 1 aromatic rings. The molecule has 22 heavy (non-hydrogen) atoms. The molecule has 6 heteroatoms. The van der Waals surface area contributed by atoms with Gasteiger partial charge < -0.3 is 15.6 Å². The lowest BCUT2D eigenvalue weighted by molar-refractivity contribution is -0.138. The Labute approximate surface area is 139 Å². The summed E-state index contributed by atoms with van der Waals surface area (Å²) in [6.07, 6.45) is 3.84. The van der Waals surface area contributed by atoms with Crippen LogP contribution >= 0.6 is 23.2 Å². The zero-order valence-electron chi connectivity index (χ0n) is 11.9. The Bertz CT molecular complexity index is 608. The predicted octanol–water partition coefficient (Wildman–Crippen LogP) is 3.43. The first kappa shape index (κ1) is 16.9. The number of carboxylic acids is 1. The number of hydrogen-bond donors (Lipinski definition) is 2. The van der Waals surface area contributed by atoms with E-state index in [0.717, 1.165) is 29.0 Å². The van der Waals surface area contributed by atoms with Crippen molar-refractivity contribution in [3.8, 4) is 5.75 Å². The number of hydrogen-bond acceptors (Lipinski definition) is 3. The summed E-state index contributed by atoms with van der Waals surface area (Å²) in [6, 6.07) is 6.25. The van der Waals surface area contributed by atoms with E-state index in [2.05, 4.69) is 0 Å². The molecule has 1 unspecified atom stereocenters. The van der Waals surface area contributed by atoms with E-state index in [0.29, 0.717) is 17.4 Å². The van der Waals surface area contributed by atoms with Crippen molar-refractivity contribution in [3.05, 3.63) is 51.5 Å². The summed E-state index contributed by atoms with van der Waals surface area (Å²) in [5.74, 6) is -0.347. The van der Waals surface area contributed by atoms with Crippen molar-refractivity contribution in [3.63, 3.8) is 0 Å². The average molecular weight is 342 g/mol. The summed E-state index contributed by atoms with van der Waals surface area (Å²) in [6.45, 7) is 0.308. The van der Waals surface area contributed by atoms with Crippen molar-refractivity contribution in [1.29, 1.82) is 0 Å². The molecule has 1 aliphatic rings. The topological polar surface area (TPSA) is 72.5 Å². The molecule has 1 aromatic carbocycles. The third-order valence-corrected chi connectivity index (χ3v) is 4.18. The van der Waals surface area contributed by atoms with Crippen LogP contribution in [0.2, 0.25) is 0 Å². The molecule has 118 valence electrons. The summed E-state index contributed by atoms with van der Waals surface area (Å²) >= 11 is 12.3. The number of benzene rings is 1. The van der Waals surface area contributed by atoms with Crippen LogP contribution in [0.3, 0.4) is 0 Å². The molecule has 0 radical (unpaired) electrons. The van der Waals surface area contributed by atoms with Crippen molar-refractivity contribution in [2.75, 3.05) is 6.61 Å². The highest BCUT2D eigenvalue weighted by molar-refractivity contribution is 6.36. The summed E-state index contributed by atoms with van der Waals surface area (Å²) < 4.78 is 5.68. The highest BCUT2D eigenvalue weighted by Crippen LogP contribution is 2.30. The van der Waals surface area contributed by atoms with Gasteiger partial charge in [0.05, 0.1) is 0 Å². The smallest absolute Gasteiger partial charge is 0.320 e. The lowest BCUT2D eigenvalue weighted by Crippen LogP contribution is -2.32. The van der Waals surface area contributed by atoms with Crippen molar-refractivity contribution >= 4 is 29.2 Å². The Kier molecular flexibility index (Phi) is 5.89. The molecule has 4 nitrogen and oxygen atoms in total. The van der Waals surface area contributed by atoms with E-state index in [1.54, 1.807) is 24.3 Å². The fourth-order valence-corrected chi connectivity index (χ4v) is 2.69. The maximum Gasteiger partial charge on any atom is 0.320 e. The number of ether oxygens (including phenoxy) is 1. The molecule has 2 rings (SSSR count). The van der Waals surface area contributed by atoms with Gasteiger partial charge >= 0.3 is 5.97 Å². The van der Waals surface area contributed by atoms with Crippen LogP contribution in [0.4, 0.5) is 0 Å². The molecule has 0 aliphatic heterocycles. The van der Waals surface area contributed by atoms with Gasteiger partial charge in [-0.25, -0.2) is 0 Å². The van der Waals surface area contributed by atoms with E-state index in [-0.39, 0.29) is 6.42 Å². The van der Waals surface area contributed by atoms with Crippen LogP contribution in [-0.2, 0) is 11.2 Å². The van der Waals surface area contributed by atoms with Gasteiger partial charge in [0, 0.05) is 15.6 Å². The minimum absolute atomic E-state index is 0.279. The van der Waals surface area contributed by atoms with Gasteiger partial charge in [-0.3, -0.25) is 4.79 Å². The number of rotatable bonds is 6. The summed E-state index contributed by atoms with van der Waals surface area (Å²) in [4.78, 5) is 10.7. The third kappa shape index (κ3) is 4.50. The largest absolute Gasteiger partial charge is 0.489 e. The van der Waals surface area contributed by atoms with E-state index in [1.807, 2.05) is 6.08 Å². The van der Waals surface area contributed by atoms with Crippen LogP contribution < -0.4 is 10.5 Å². The molecule has 0 saturated carbocycles. The van der Waals surface area contributed by atoms with E-state index < -0.39 is 12.0 Å². The first-order valence-corrected chi connectivity index (χ1v) is 7.66. The van der Waals surface area contributed by atoms with Crippen molar-refractivity contribution < 1.29 is 14.6 Å². The first-order valence-electron chi connectivity index (χ1n) is 6.91. The molecule has 0 heterocycles. The zero-order chi connectivity index (χ0) is 16.1. The standard InChI is InChI=1S/C16H17Cl2NO3/c17-13-2-1-3-14(18)12(13)9-22-11-6-4-10(5-7-11)8-15(19)16(20)21/h2,4-7,15H,1,3,8-9,19H2,(H,20,21). The number of nitrogens with two attached hydrogens (primary N) is 1. The van der Waals surface area contributed by atoms with Gasteiger partial charge in [0.2, 0.25) is 0 Å². The molecule has 0 saturated heterocycles. The molecular formula is C16H17Cl2NO3. The van der Waals surface area contributed by atoms with Gasteiger partial charge in [-0.15, -0.1) is 0 Å². The quantitative estimate of drug-likeness (QED) is 0.831. The van der Waals surface area contributed by atoms with Crippen LogP contribution in [0.15, 0.2) is 46.0 Å². The summed E-state index contributed by atoms with van der Waals surface area (Å²) in [7, 11) is 0. The van der Waals surface area contributed by atoms with Crippen molar-refractivity contribution in [2.45, 2.75) is 25.3 Å². The number of halogens is 2. The fraction of sp³-hybridized carbons (Fsp3) is 0.312. The molecule has 3 N–H and O–H groups in total. The fourth-order valence-electron chi connectivity index (χ4n) is 2.10. The van der Waals surface area contributed by atoms with Gasteiger partial charge in [-0.2, -0.15) is 0 Å². The lowest BCUT2D eigenvalue weighted by atomic mass is 10.1. The maximum atomic E-state index is 10.7. The highest BCUT2D eigenvalue weighted by atomic mass is 35.5. The second-order valence-corrected chi connectivity index (χ2v) is 5.92. The van der Waals surface area contributed by atoms with Crippen LogP contribution in [0, 0.1) is 0 Å². The van der Waals surface area contributed by atoms with E-state index >= 15 is 0 Å². The van der Waals surface area contributed by atoms with Gasteiger partial charge in [-0.05, 0) is 37.0 Å². The monoisotopic (exact) mass is 341 g/mol. The average Bonchev–Trinajstić information content (AvgIpc) is 2.48. The number of allylic oxidation sites excluding steroid dienone is 2. The van der Waals surface area contributed by atoms with E-state index in [1.165, 1.54) is 0 Å². The molecule has 0 fully saturated rings.